The second-order valence-corrected chi connectivity index (χ2v) is 8.81. The number of thiazole rings is 1. The van der Waals surface area contributed by atoms with Gasteiger partial charge in [0, 0.05) is 36.4 Å². The Morgan fingerprint density at radius 2 is 1.88 bits per heavy atom. The molecule has 0 saturated carbocycles. The third-order valence-electron chi connectivity index (χ3n) is 5.68. The quantitative estimate of drug-likeness (QED) is 0.499. The van der Waals surface area contributed by atoms with E-state index in [0.29, 0.717) is 0 Å². The number of aromatic nitrogens is 1. The molecule has 2 heterocycles. The van der Waals surface area contributed by atoms with Crippen LogP contribution in [-0.2, 0) is 19.4 Å². The van der Waals surface area contributed by atoms with Gasteiger partial charge >= 0.3 is 0 Å². The highest BCUT2D eigenvalue weighted by atomic mass is 32.1. The number of nitrogens with zero attached hydrogens (tertiary/aromatic N) is 2. The van der Waals surface area contributed by atoms with Gasteiger partial charge in [-0.15, -0.1) is 11.3 Å². The molecule has 1 aliphatic heterocycles. The van der Waals surface area contributed by atoms with E-state index in [1.54, 1.807) is 0 Å². The number of benzene rings is 2. The first-order valence-corrected chi connectivity index (χ1v) is 10.5. The van der Waals surface area contributed by atoms with Crippen LogP contribution in [0.5, 0.6) is 0 Å². The number of fused-ring (bicyclic) bond motifs is 3. The van der Waals surface area contributed by atoms with Crippen LogP contribution in [0.25, 0.3) is 11.3 Å². The first kappa shape index (κ1) is 16.2. The smallest absolute Gasteiger partial charge is 0.0938 e. The molecule has 0 radical (unpaired) electrons. The molecule has 26 heavy (non-hydrogen) atoms. The predicted octanol–water partition coefficient (Wildman–Crippen LogP) is 5.17. The minimum absolute atomic E-state index is 0.744. The fourth-order valence-corrected chi connectivity index (χ4v) is 5.67. The molecule has 1 aliphatic carbocycles. The average molecular weight is 361 g/mol. The van der Waals surface area contributed by atoms with Crippen molar-refractivity contribution in [3.05, 3.63) is 75.6 Å². The number of rotatable bonds is 4. The van der Waals surface area contributed by atoms with Gasteiger partial charge in [-0.1, -0.05) is 54.6 Å². The van der Waals surface area contributed by atoms with E-state index in [9.17, 15) is 0 Å². The lowest BCUT2D eigenvalue weighted by molar-refractivity contribution is 0.167. The fourth-order valence-electron chi connectivity index (χ4n) is 4.45. The summed E-state index contributed by atoms with van der Waals surface area (Å²) in [6.45, 7) is 3.52. The van der Waals surface area contributed by atoms with Crippen molar-refractivity contribution in [1.29, 1.82) is 0 Å². The lowest BCUT2D eigenvalue weighted by atomic mass is 9.94. The lowest BCUT2D eigenvalue weighted by Crippen LogP contribution is -2.35. The van der Waals surface area contributed by atoms with Crippen LogP contribution in [0.1, 0.15) is 33.9 Å². The summed E-state index contributed by atoms with van der Waals surface area (Å²) in [5, 5.41) is 1.34. The highest BCUT2D eigenvalue weighted by Crippen LogP contribution is 2.40. The van der Waals surface area contributed by atoms with Crippen molar-refractivity contribution in [3.63, 3.8) is 0 Å². The van der Waals surface area contributed by atoms with E-state index in [1.807, 2.05) is 11.3 Å². The highest BCUT2D eigenvalue weighted by Gasteiger charge is 2.25. The maximum Gasteiger partial charge on any atom is 0.0938 e. The molecule has 3 aromatic rings. The molecule has 0 bridgehead atoms. The molecule has 2 aliphatic rings. The van der Waals surface area contributed by atoms with Crippen LogP contribution in [-0.4, -0.2) is 23.0 Å². The Morgan fingerprint density at radius 3 is 2.81 bits per heavy atom. The predicted molar refractivity (Wildman–Crippen MR) is 109 cm³/mol. The van der Waals surface area contributed by atoms with Crippen molar-refractivity contribution in [2.24, 2.45) is 5.92 Å². The molecule has 0 amide bonds. The first-order chi connectivity index (χ1) is 12.8. The Hall–Kier alpha value is -1.97. The zero-order chi connectivity index (χ0) is 17.3. The molecule has 1 atom stereocenters. The van der Waals surface area contributed by atoms with Crippen LogP contribution in [0.4, 0.5) is 0 Å². The molecule has 3 heteroatoms. The minimum atomic E-state index is 0.744. The van der Waals surface area contributed by atoms with Crippen LogP contribution in [0.3, 0.4) is 0 Å². The largest absolute Gasteiger partial charge is 0.299 e. The summed E-state index contributed by atoms with van der Waals surface area (Å²) in [6, 6.07) is 19.6. The summed E-state index contributed by atoms with van der Waals surface area (Å²) in [5.41, 5.74) is 5.49. The highest BCUT2D eigenvalue weighted by molar-refractivity contribution is 7.12. The van der Waals surface area contributed by atoms with E-state index in [-0.39, 0.29) is 0 Å². The molecule has 0 N–H and O–H groups in total. The summed E-state index contributed by atoms with van der Waals surface area (Å²) in [5.74, 6) is 0.744. The summed E-state index contributed by atoms with van der Waals surface area (Å²) < 4.78 is 0. The van der Waals surface area contributed by atoms with Gasteiger partial charge in [0.05, 0.1) is 10.7 Å². The van der Waals surface area contributed by atoms with Crippen molar-refractivity contribution in [1.82, 2.24) is 9.88 Å². The van der Waals surface area contributed by atoms with Crippen molar-refractivity contribution >= 4 is 11.3 Å². The zero-order valence-corrected chi connectivity index (χ0v) is 15.8. The maximum absolute atomic E-state index is 5.04. The molecular formula is C23H24N2S. The van der Waals surface area contributed by atoms with E-state index in [1.165, 1.54) is 58.2 Å². The number of piperidine rings is 1. The maximum atomic E-state index is 5.04. The number of hydrogen-bond donors (Lipinski definition) is 0. The average Bonchev–Trinajstić information content (AvgIpc) is 3.20. The van der Waals surface area contributed by atoms with Crippen LogP contribution < -0.4 is 0 Å². The summed E-state index contributed by atoms with van der Waals surface area (Å²) in [4.78, 5) is 9.13. The minimum Gasteiger partial charge on any atom is -0.299 e. The van der Waals surface area contributed by atoms with Gasteiger partial charge in [-0.25, -0.2) is 4.98 Å². The Morgan fingerprint density at radius 1 is 1.04 bits per heavy atom. The van der Waals surface area contributed by atoms with Crippen molar-refractivity contribution < 1.29 is 0 Å². The Labute approximate surface area is 159 Å². The van der Waals surface area contributed by atoms with Crippen LogP contribution in [0.2, 0.25) is 0 Å². The van der Waals surface area contributed by atoms with Gasteiger partial charge in [-0.2, -0.15) is 0 Å². The Bertz CT molecular complexity index is 900. The van der Waals surface area contributed by atoms with E-state index < -0.39 is 0 Å². The molecule has 2 aromatic carbocycles. The van der Waals surface area contributed by atoms with Gasteiger partial charge in [-0.05, 0) is 36.4 Å². The molecule has 1 saturated heterocycles. The normalized spacial score (nSPS) is 19.3. The van der Waals surface area contributed by atoms with Gasteiger partial charge in [-0.3, -0.25) is 4.90 Å². The van der Waals surface area contributed by atoms with Gasteiger partial charge < -0.3 is 0 Å². The number of likely N-dealkylation sites (tertiary alicyclic amines) is 1. The van der Waals surface area contributed by atoms with E-state index in [2.05, 4.69) is 59.5 Å². The molecule has 1 fully saturated rings. The Balaban J connectivity index is 1.26. The third-order valence-corrected chi connectivity index (χ3v) is 6.76. The van der Waals surface area contributed by atoms with Gasteiger partial charge in [0.25, 0.3) is 0 Å². The van der Waals surface area contributed by atoms with Crippen molar-refractivity contribution in [3.8, 4) is 11.3 Å². The van der Waals surface area contributed by atoms with Crippen LogP contribution in [0, 0.1) is 5.92 Å². The summed E-state index contributed by atoms with van der Waals surface area (Å²) in [6.07, 6.45) is 4.87. The molecule has 132 valence electrons. The molecule has 5 rings (SSSR count). The van der Waals surface area contributed by atoms with Gasteiger partial charge in [0.1, 0.15) is 0 Å². The second kappa shape index (κ2) is 6.98. The lowest BCUT2D eigenvalue weighted by Gasteiger charge is -2.32. The fraction of sp³-hybridized carbons (Fsp3) is 0.348. The Kier molecular flexibility index (Phi) is 4.35. The topological polar surface area (TPSA) is 16.1 Å². The van der Waals surface area contributed by atoms with Crippen molar-refractivity contribution in [2.45, 2.75) is 32.2 Å². The monoisotopic (exact) mass is 360 g/mol. The standard InChI is InChI=1S/C23H24N2S/c1-2-7-17(8-3-1)15-25-12-6-9-18(16-25)13-22-24-23-20-11-5-4-10-19(20)14-21(23)26-22/h1-5,7-8,10-11,18H,6,9,12-16H2. The third kappa shape index (κ3) is 3.22. The van der Waals surface area contributed by atoms with Gasteiger partial charge in [0.2, 0.25) is 0 Å². The molecule has 1 unspecified atom stereocenters. The van der Waals surface area contributed by atoms with E-state index >= 15 is 0 Å². The summed E-state index contributed by atoms with van der Waals surface area (Å²) >= 11 is 1.95. The second-order valence-electron chi connectivity index (χ2n) is 7.65. The van der Waals surface area contributed by atoms with Crippen LogP contribution >= 0.6 is 11.3 Å². The van der Waals surface area contributed by atoms with Crippen LogP contribution in [0.15, 0.2) is 54.6 Å². The number of hydrogen-bond acceptors (Lipinski definition) is 3. The van der Waals surface area contributed by atoms with E-state index in [4.69, 9.17) is 4.98 Å². The first-order valence-electron chi connectivity index (χ1n) is 9.68. The zero-order valence-electron chi connectivity index (χ0n) is 15.0. The molecule has 2 nitrogen and oxygen atoms in total. The molecule has 0 spiro atoms. The summed E-state index contributed by atoms with van der Waals surface area (Å²) in [7, 11) is 0. The van der Waals surface area contributed by atoms with E-state index in [0.717, 1.165) is 25.3 Å². The molecule has 1 aromatic heterocycles. The van der Waals surface area contributed by atoms with Crippen molar-refractivity contribution in [2.75, 3.05) is 13.1 Å². The molecular weight excluding hydrogens is 336 g/mol. The van der Waals surface area contributed by atoms with Gasteiger partial charge in [0.15, 0.2) is 0 Å². The SMILES string of the molecule is c1ccc(CN2CCCC(Cc3nc4c(s3)Cc3ccccc3-4)C2)cc1.